The summed E-state index contributed by atoms with van der Waals surface area (Å²) < 4.78 is 0. The molecule has 118 valence electrons. The average molecular weight is 304 g/mol. The van der Waals surface area contributed by atoms with Gasteiger partial charge in [0.15, 0.2) is 5.96 Å². The predicted octanol–water partition coefficient (Wildman–Crippen LogP) is 2.22. The monoisotopic (exact) mass is 304 g/mol. The fourth-order valence-corrected chi connectivity index (χ4v) is 1.99. The van der Waals surface area contributed by atoms with Crippen molar-refractivity contribution in [2.24, 2.45) is 16.5 Å². The fraction of sp³-hybridized carbons (Fsp3) is 0.333. The van der Waals surface area contributed by atoms with E-state index in [1.54, 1.807) is 13.0 Å². The first-order valence-electron chi connectivity index (χ1n) is 6.93. The first-order valence-corrected chi connectivity index (χ1v) is 6.93. The van der Waals surface area contributed by atoms with Crippen LogP contribution in [0.2, 0.25) is 0 Å². The van der Waals surface area contributed by atoms with E-state index < -0.39 is 10.8 Å². The molecule has 0 unspecified atom stereocenters. The van der Waals surface area contributed by atoms with Crippen LogP contribution in [0.1, 0.15) is 41.3 Å². The Morgan fingerprint density at radius 2 is 2.05 bits per heavy atom. The van der Waals surface area contributed by atoms with Gasteiger partial charge in [-0.25, -0.2) is 0 Å². The van der Waals surface area contributed by atoms with Gasteiger partial charge in [0.1, 0.15) is 0 Å². The summed E-state index contributed by atoms with van der Waals surface area (Å²) in [5.74, 6) is -1.06. The molecule has 1 amide bonds. The Morgan fingerprint density at radius 1 is 1.36 bits per heavy atom. The molecule has 22 heavy (non-hydrogen) atoms. The van der Waals surface area contributed by atoms with Gasteiger partial charge in [-0.3, -0.25) is 14.9 Å². The van der Waals surface area contributed by atoms with Crippen LogP contribution in [-0.4, -0.2) is 16.8 Å². The Morgan fingerprint density at radius 3 is 2.59 bits per heavy atom. The number of nitrogens with two attached hydrogens (primary N) is 2. The van der Waals surface area contributed by atoms with Crippen LogP contribution >= 0.6 is 0 Å². The van der Waals surface area contributed by atoms with Crippen LogP contribution in [0.4, 0.5) is 5.69 Å². The minimum Gasteiger partial charge on any atom is -0.370 e. The number of carbonyl (C=O) groups excluding carboxylic acids is 1. The number of nitrogens with zero attached hydrogens (tertiary/aromatic N) is 2. The summed E-state index contributed by atoms with van der Waals surface area (Å²) in [5.41, 5.74) is 11.5. The van der Waals surface area contributed by atoms with Crippen molar-refractivity contribution in [2.75, 3.05) is 0 Å². The van der Waals surface area contributed by atoms with Gasteiger partial charge in [-0.05, 0) is 31.4 Å². The van der Waals surface area contributed by atoms with E-state index in [0.29, 0.717) is 17.5 Å². The van der Waals surface area contributed by atoms with Gasteiger partial charge >= 0.3 is 0 Å². The summed E-state index contributed by atoms with van der Waals surface area (Å²) in [7, 11) is 0. The Labute approximate surface area is 128 Å². The molecule has 0 aliphatic rings. The zero-order chi connectivity index (χ0) is 16.7. The Bertz CT molecular complexity index is 632. The second-order valence-corrected chi connectivity index (χ2v) is 4.86. The van der Waals surface area contributed by atoms with Crippen LogP contribution in [0.15, 0.2) is 29.3 Å². The number of benzene rings is 1. The molecule has 7 nitrogen and oxygen atoms in total. The number of amides is 1. The number of allylic oxidation sites excluding steroid dienone is 2. The maximum Gasteiger partial charge on any atom is 0.280 e. The molecule has 1 rings (SSSR count). The average Bonchev–Trinajstić information content (AvgIpc) is 2.42. The van der Waals surface area contributed by atoms with Gasteiger partial charge in [-0.2, -0.15) is 4.99 Å². The zero-order valence-corrected chi connectivity index (χ0v) is 12.7. The van der Waals surface area contributed by atoms with Crippen molar-refractivity contribution in [1.29, 1.82) is 0 Å². The van der Waals surface area contributed by atoms with Crippen LogP contribution in [0.25, 0.3) is 0 Å². The highest BCUT2D eigenvalue weighted by atomic mass is 16.6. The Hall–Kier alpha value is -2.70. The van der Waals surface area contributed by atoms with Gasteiger partial charge in [0, 0.05) is 11.6 Å². The first-order chi connectivity index (χ1) is 10.4. The van der Waals surface area contributed by atoms with E-state index in [2.05, 4.69) is 11.9 Å². The third kappa shape index (κ3) is 4.69. The topological polar surface area (TPSA) is 125 Å². The molecule has 0 heterocycles. The number of hydrogen-bond donors (Lipinski definition) is 2. The van der Waals surface area contributed by atoms with Gasteiger partial charge in [-0.1, -0.05) is 25.5 Å². The third-order valence-electron chi connectivity index (χ3n) is 3.04. The molecule has 0 aliphatic carbocycles. The molecule has 0 saturated heterocycles. The quantitative estimate of drug-likeness (QED) is 0.274. The van der Waals surface area contributed by atoms with Gasteiger partial charge < -0.3 is 11.5 Å². The number of aliphatic imine (C=N–C) groups is 1. The smallest absolute Gasteiger partial charge is 0.280 e. The van der Waals surface area contributed by atoms with Crippen molar-refractivity contribution in [2.45, 2.75) is 33.1 Å². The van der Waals surface area contributed by atoms with Gasteiger partial charge in [0.25, 0.3) is 11.6 Å². The number of aryl methyl sites for hydroxylation is 1. The molecule has 0 saturated carbocycles. The van der Waals surface area contributed by atoms with Crippen LogP contribution in [0.3, 0.4) is 0 Å². The number of hydrogen-bond acceptors (Lipinski definition) is 3. The summed E-state index contributed by atoms with van der Waals surface area (Å²) in [5, 5.41) is 11.2. The molecule has 0 bridgehead atoms. The number of nitro benzene ring substituents is 1. The summed E-state index contributed by atoms with van der Waals surface area (Å²) in [6.07, 6.45) is 6.26. The summed E-state index contributed by atoms with van der Waals surface area (Å²) in [4.78, 5) is 26.0. The van der Waals surface area contributed by atoms with Crippen molar-refractivity contribution >= 4 is 17.6 Å². The number of guanidine groups is 1. The highest BCUT2D eigenvalue weighted by Gasteiger charge is 2.19. The van der Waals surface area contributed by atoms with E-state index in [4.69, 9.17) is 11.5 Å². The molecule has 0 spiro atoms. The normalized spacial score (nSPS) is 10.6. The SMILES string of the molecule is CCC/C=C/Cc1cc(C)c(C(=O)N=C(N)N)cc1[N+](=O)[O-]. The lowest BCUT2D eigenvalue weighted by Gasteiger charge is -2.06. The van der Waals surface area contributed by atoms with Crippen molar-refractivity contribution in [3.63, 3.8) is 0 Å². The molecular formula is C15H20N4O3. The number of carbonyl (C=O) groups is 1. The van der Waals surface area contributed by atoms with E-state index in [1.807, 2.05) is 12.2 Å². The molecule has 7 heteroatoms. The lowest BCUT2D eigenvalue weighted by Crippen LogP contribution is -2.24. The minimum atomic E-state index is -0.686. The highest BCUT2D eigenvalue weighted by Crippen LogP contribution is 2.25. The summed E-state index contributed by atoms with van der Waals surface area (Å²) in [6.45, 7) is 3.75. The highest BCUT2D eigenvalue weighted by molar-refractivity contribution is 6.03. The van der Waals surface area contributed by atoms with E-state index >= 15 is 0 Å². The number of unbranched alkanes of at least 4 members (excludes halogenated alkanes) is 1. The minimum absolute atomic E-state index is 0.110. The fourth-order valence-electron chi connectivity index (χ4n) is 1.99. The van der Waals surface area contributed by atoms with Crippen molar-refractivity contribution in [3.8, 4) is 0 Å². The van der Waals surface area contributed by atoms with E-state index in [0.717, 1.165) is 12.8 Å². The zero-order valence-electron chi connectivity index (χ0n) is 12.7. The van der Waals surface area contributed by atoms with Crippen molar-refractivity contribution < 1.29 is 9.72 Å². The molecule has 1 aromatic carbocycles. The van der Waals surface area contributed by atoms with E-state index in [-0.39, 0.29) is 17.2 Å². The van der Waals surface area contributed by atoms with E-state index in [9.17, 15) is 14.9 Å². The van der Waals surface area contributed by atoms with Crippen LogP contribution < -0.4 is 11.5 Å². The number of rotatable bonds is 6. The lowest BCUT2D eigenvalue weighted by atomic mass is 10.00. The van der Waals surface area contributed by atoms with Gasteiger partial charge in [-0.15, -0.1) is 0 Å². The maximum atomic E-state index is 11.9. The first kappa shape index (κ1) is 17.4. The molecule has 0 fully saturated rings. The molecular weight excluding hydrogens is 284 g/mol. The Balaban J connectivity index is 3.21. The molecule has 0 aromatic heterocycles. The molecule has 0 aliphatic heterocycles. The lowest BCUT2D eigenvalue weighted by molar-refractivity contribution is -0.385. The Kier molecular flexibility index (Phi) is 6.25. The van der Waals surface area contributed by atoms with Gasteiger partial charge in [0.05, 0.1) is 10.5 Å². The molecule has 0 atom stereocenters. The standard InChI is InChI=1S/C15H20N4O3/c1-3-4-5-6-7-11-8-10(2)12(9-13(11)19(21)22)14(20)18-15(16)17/h5-6,8-9H,3-4,7H2,1-2H3,(H4,16,17,18,20)/b6-5+. The van der Waals surface area contributed by atoms with Crippen molar-refractivity contribution in [3.05, 3.63) is 51.1 Å². The molecule has 4 N–H and O–H groups in total. The maximum absolute atomic E-state index is 11.9. The van der Waals surface area contributed by atoms with Crippen LogP contribution in [0.5, 0.6) is 0 Å². The second-order valence-electron chi connectivity index (χ2n) is 4.86. The van der Waals surface area contributed by atoms with Crippen LogP contribution in [-0.2, 0) is 6.42 Å². The summed E-state index contributed by atoms with van der Waals surface area (Å²) >= 11 is 0. The van der Waals surface area contributed by atoms with Crippen molar-refractivity contribution in [1.82, 2.24) is 0 Å². The second kappa shape index (κ2) is 7.92. The van der Waals surface area contributed by atoms with E-state index in [1.165, 1.54) is 6.07 Å². The number of nitro groups is 1. The van der Waals surface area contributed by atoms with Crippen LogP contribution in [0, 0.1) is 17.0 Å². The largest absolute Gasteiger partial charge is 0.370 e. The molecule has 1 aromatic rings. The third-order valence-corrected chi connectivity index (χ3v) is 3.04. The predicted molar refractivity (Wildman–Crippen MR) is 85.7 cm³/mol. The molecule has 0 radical (unpaired) electrons. The van der Waals surface area contributed by atoms with Gasteiger partial charge in [0.2, 0.25) is 0 Å². The summed E-state index contributed by atoms with van der Waals surface area (Å²) in [6, 6.07) is 2.86.